The average molecular weight is 246 g/mol. The van der Waals surface area contributed by atoms with Gasteiger partial charge in [0.15, 0.2) is 0 Å². The number of aliphatic hydroxyl groups excluding tert-OH is 1. The van der Waals surface area contributed by atoms with Gasteiger partial charge in [-0.25, -0.2) is 0 Å². The van der Waals surface area contributed by atoms with Crippen molar-refractivity contribution >= 4 is 0 Å². The van der Waals surface area contributed by atoms with Crippen LogP contribution in [-0.2, 0) is 4.74 Å². The Bertz CT molecular complexity index is 165. The van der Waals surface area contributed by atoms with Crippen LogP contribution in [0, 0.1) is 0 Å². The Morgan fingerprint density at radius 1 is 1.29 bits per heavy atom. The number of hydrogen-bond acceptors (Lipinski definition) is 4. The zero-order chi connectivity index (χ0) is 13.1. The molecular weight excluding hydrogens is 216 g/mol. The second-order valence-corrected chi connectivity index (χ2v) is 4.80. The highest BCUT2D eigenvalue weighted by Crippen LogP contribution is 2.16. The van der Waals surface area contributed by atoms with Gasteiger partial charge in [0, 0.05) is 25.8 Å². The Morgan fingerprint density at radius 3 is 2.41 bits per heavy atom. The molecule has 104 valence electrons. The summed E-state index contributed by atoms with van der Waals surface area (Å²) in [7, 11) is 5.81. The van der Waals surface area contributed by atoms with E-state index in [1.54, 1.807) is 7.11 Å². The molecule has 4 heteroatoms. The van der Waals surface area contributed by atoms with Crippen molar-refractivity contribution in [3.63, 3.8) is 0 Å². The van der Waals surface area contributed by atoms with E-state index in [4.69, 9.17) is 4.74 Å². The van der Waals surface area contributed by atoms with Gasteiger partial charge in [0.05, 0.1) is 6.61 Å². The first-order valence-electron chi connectivity index (χ1n) is 6.61. The maximum Gasteiger partial charge on any atom is 0.0613 e. The Hall–Kier alpha value is -0.160. The molecule has 0 aliphatic rings. The molecule has 0 bridgehead atoms. The fraction of sp³-hybridized carbons (Fsp3) is 1.00. The molecule has 1 unspecified atom stereocenters. The van der Waals surface area contributed by atoms with Crippen LogP contribution in [0.2, 0.25) is 0 Å². The number of hydrogen-bond donors (Lipinski definition) is 2. The first kappa shape index (κ1) is 16.8. The molecule has 0 aliphatic heterocycles. The second-order valence-electron chi connectivity index (χ2n) is 4.80. The molecule has 0 saturated heterocycles. The van der Waals surface area contributed by atoms with E-state index in [-0.39, 0.29) is 12.1 Å². The molecule has 0 aromatic carbocycles. The summed E-state index contributed by atoms with van der Waals surface area (Å²) in [6, 6.07) is 0. The van der Waals surface area contributed by atoms with Crippen LogP contribution in [0.3, 0.4) is 0 Å². The summed E-state index contributed by atoms with van der Waals surface area (Å²) in [6.45, 7) is 5.32. The summed E-state index contributed by atoms with van der Waals surface area (Å²) >= 11 is 0. The molecular formula is C13H30N2O2. The Labute approximate surface area is 106 Å². The summed E-state index contributed by atoms with van der Waals surface area (Å²) in [5.74, 6) is 0. The van der Waals surface area contributed by atoms with Gasteiger partial charge in [-0.15, -0.1) is 0 Å². The number of ether oxygens (including phenoxy) is 1. The smallest absolute Gasteiger partial charge is 0.0613 e. The summed E-state index contributed by atoms with van der Waals surface area (Å²) in [6.07, 6.45) is 4.18. The summed E-state index contributed by atoms with van der Waals surface area (Å²) in [4.78, 5) is 2.33. The number of methoxy groups -OCH3 is 1. The van der Waals surface area contributed by atoms with Gasteiger partial charge in [-0.05, 0) is 46.3 Å². The molecule has 2 N–H and O–H groups in total. The molecule has 0 saturated carbocycles. The van der Waals surface area contributed by atoms with Gasteiger partial charge in [-0.1, -0.05) is 6.92 Å². The van der Waals surface area contributed by atoms with Crippen LogP contribution in [0.25, 0.3) is 0 Å². The topological polar surface area (TPSA) is 44.7 Å². The first-order chi connectivity index (χ1) is 8.14. The first-order valence-corrected chi connectivity index (χ1v) is 6.61. The standard InChI is InChI=1S/C13H30N2O2/c1-5-13(12-16,14-2)8-6-9-15(3)10-7-11-17-4/h14,16H,5-12H2,1-4H3. The number of nitrogens with zero attached hydrogens (tertiary/aromatic N) is 1. The van der Waals surface area contributed by atoms with Crippen LogP contribution in [0.1, 0.15) is 32.6 Å². The van der Waals surface area contributed by atoms with Gasteiger partial charge >= 0.3 is 0 Å². The lowest BCUT2D eigenvalue weighted by molar-refractivity contribution is 0.145. The van der Waals surface area contributed by atoms with E-state index in [1.807, 2.05) is 7.05 Å². The molecule has 1 atom stereocenters. The van der Waals surface area contributed by atoms with Gasteiger partial charge in [-0.3, -0.25) is 0 Å². The maximum atomic E-state index is 9.42. The van der Waals surface area contributed by atoms with Crippen LogP contribution in [0.15, 0.2) is 0 Å². The lowest BCUT2D eigenvalue weighted by atomic mass is 9.91. The number of aliphatic hydroxyl groups is 1. The van der Waals surface area contributed by atoms with E-state index in [9.17, 15) is 5.11 Å². The second kappa shape index (κ2) is 9.83. The number of nitrogens with one attached hydrogen (secondary N) is 1. The predicted molar refractivity (Wildman–Crippen MR) is 72.4 cm³/mol. The highest BCUT2D eigenvalue weighted by molar-refractivity contribution is 4.84. The van der Waals surface area contributed by atoms with E-state index in [1.165, 1.54) is 0 Å². The third-order valence-corrected chi connectivity index (χ3v) is 3.59. The largest absolute Gasteiger partial charge is 0.394 e. The molecule has 0 amide bonds. The van der Waals surface area contributed by atoms with Gasteiger partial charge < -0.3 is 20.1 Å². The van der Waals surface area contributed by atoms with E-state index in [2.05, 4.69) is 24.2 Å². The molecule has 0 aromatic rings. The molecule has 0 spiro atoms. The van der Waals surface area contributed by atoms with E-state index < -0.39 is 0 Å². The minimum atomic E-state index is -0.0899. The van der Waals surface area contributed by atoms with Crippen molar-refractivity contribution in [3.05, 3.63) is 0 Å². The zero-order valence-electron chi connectivity index (χ0n) is 12.0. The molecule has 0 rings (SSSR count). The average Bonchev–Trinajstić information content (AvgIpc) is 2.36. The van der Waals surface area contributed by atoms with Gasteiger partial charge in [0.25, 0.3) is 0 Å². The quantitative estimate of drug-likeness (QED) is 0.536. The van der Waals surface area contributed by atoms with Gasteiger partial charge in [0.2, 0.25) is 0 Å². The van der Waals surface area contributed by atoms with Crippen molar-refractivity contribution in [2.24, 2.45) is 0 Å². The molecule has 0 aliphatic carbocycles. The van der Waals surface area contributed by atoms with Crippen molar-refractivity contribution in [1.29, 1.82) is 0 Å². The van der Waals surface area contributed by atoms with Gasteiger partial charge in [-0.2, -0.15) is 0 Å². The Kier molecular flexibility index (Phi) is 9.74. The molecule has 4 nitrogen and oxygen atoms in total. The predicted octanol–water partition coefficient (Wildman–Crippen LogP) is 1.10. The van der Waals surface area contributed by atoms with Crippen molar-refractivity contribution < 1.29 is 9.84 Å². The summed E-state index contributed by atoms with van der Waals surface area (Å²) in [5.41, 5.74) is -0.0899. The van der Waals surface area contributed by atoms with E-state index >= 15 is 0 Å². The molecule has 0 fully saturated rings. The monoisotopic (exact) mass is 246 g/mol. The van der Waals surface area contributed by atoms with Crippen molar-refractivity contribution in [2.45, 2.75) is 38.1 Å². The lowest BCUT2D eigenvalue weighted by Gasteiger charge is -2.31. The highest BCUT2D eigenvalue weighted by atomic mass is 16.5. The van der Waals surface area contributed by atoms with Crippen molar-refractivity contribution in [1.82, 2.24) is 10.2 Å². The van der Waals surface area contributed by atoms with Crippen LogP contribution in [-0.4, -0.2) is 63.1 Å². The van der Waals surface area contributed by atoms with E-state index in [0.29, 0.717) is 0 Å². The summed E-state index contributed by atoms with van der Waals surface area (Å²) in [5, 5.41) is 12.7. The third-order valence-electron chi connectivity index (χ3n) is 3.59. The number of likely N-dealkylation sites (N-methyl/N-ethyl adjacent to an activating group) is 1. The minimum Gasteiger partial charge on any atom is -0.394 e. The zero-order valence-corrected chi connectivity index (χ0v) is 12.0. The lowest BCUT2D eigenvalue weighted by Crippen LogP contribution is -2.46. The minimum absolute atomic E-state index is 0.0899. The fourth-order valence-corrected chi connectivity index (χ4v) is 2.03. The molecule has 17 heavy (non-hydrogen) atoms. The van der Waals surface area contributed by atoms with Crippen LogP contribution < -0.4 is 5.32 Å². The van der Waals surface area contributed by atoms with E-state index in [0.717, 1.165) is 45.4 Å². The number of rotatable bonds is 11. The molecule has 0 heterocycles. The fourth-order valence-electron chi connectivity index (χ4n) is 2.03. The highest BCUT2D eigenvalue weighted by Gasteiger charge is 2.24. The SMILES string of the molecule is CCC(CO)(CCCN(C)CCCOC)NC. The maximum absolute atomic E-state index is 9.42. The van der Waals surface area contributed by atoms with Crippen molar-refractivity contribution in [2.75, 3.05) is 47.5 Å². The summed E-state index contributed by atoms with van der Waals surface area (Å²) < 4.78 is 5.03. The van der Waals surface area contributed by atoms with Crippen LogP contribution >= 0.6 is 0 Å². The van der Waals surface area contributed by atoms with Crippen LogP contribution in [0.5, 0.6) is 0 Å². The molecule has 0 aromatic heterocycles. The van der Waals surface area contributed by atoms with Gasteiger partial charge in [0.1, 0.15) is 0 Å². The normalized spacial score (nSPS) is 15.2. The molecule has 0 radical (unpaired) electrons. The Morgan fingerprint density at radius 2 is 1.94 bits per heavy atom. The van der Waals surface area contributed by atoms with Crippen LogP contribution in [0.4, 0.5) is 0 Å². The van der Waals surface area contributed by atoms with Crippen molar-refractivity contribution in [3.8, 4) is 0 Å². The Balaban J connectivity index is 3.73. The third kappa shape index (κ3) is 6.99.